The number of benzene rings is 1. The molecule has 1 fully saturated rings. The van der Waals surface area contributed by atoms with Gasteiger partial charge in [0.15, 0.2) is 22.8 Å². The lowest BCUT2D eigenvalue weighted by Gasteiger charge is -2.33. The van der Waals surface area contributed by atoms with E-state index >= 15 is 0 Å². The van der Waals surface area contributed by atoms with Gasteiger partial charge in [0.2, 0.25) is 0 Å². The summed E-state index contributed by atoms with van der Waals surface area (Å²) < 4.78 is 37.3. The Morgan fingerprint density at radius 1 is 1.14 bits per heavy atom. The molecule has 0 aliphatic carbocycles. The van der Waals surface area contributed by atoms with Gasteiger partial charge in [0.1, 0.15) is 11.2 Å². The summed E-state index contributed by atoms with van der Waals surface area (Å²) in [5, 5.41) is 2.60. The van der Waals surface area contributed by atoms with Crippen LogP contribution in [0.4, 0.5) is 13.6 Å². The maximum absolute atomic E-state index is 13.4. The van der Waals surface area contributed by atoms with Crippen LogP contribution in [0.1, 0.15) is 44.2 Å². The third kappa shape index (κ3) is 4.90. The zero-order valence-electron chi connectivity index (χ0n) is 16.4. The lowest BCUT2D eigenvalue weighted by molar-refractivity contribution is 0.0199. The first-order valence-electron chi connectivity index (χ1n) is 9.25. The Morgan fingerprint density at radius 2 is 1.76 bits per heavy atom. The number of rotatable bonds is 2. The van der Waals surface area contributed by atoms with Crippen molar-refractivity contribution in [2.45, 2.75) is 45.3 Å². The monoisotopic (exact) mass is 408 g/mol. The second-order valence-electron chi connectivity index (χ2n) is 7.95. The zero-order valence-corrected chi connectivity index (χ0v) is 16.4. The number of nitrogens with zero attached hydrogens (tertiary/aromatic N) is 1. The van der Waals surface area contributed by atoms with E-state index in [9.17, 15) is 23.2 Å². The van der Waals surface area contributed by atoms with Gasteiger partial charge in [0, 0.05) is 31.3 Å². The summed E-state index contributed by atoms with van der Waals surface area (Å²) in [6.07, 6.45) is 0.600. The standard InChI is InChI=1S/C20H22F2N2O5/c1-20(2,3)29-19(27)24-6-4-11(5-7-24)23-18(26)17-10-15(25)12-8-13(21)14(22)9-16(12)28-17/h8-11H,4-7H2,1-3H3,(H,23,26). The van der Waals surface area contributed by atoms with Crippen molar-refractivity contribution in [3.05, 3.63) is 45.8 Å². The fourth-order valence-electron chi connectivity index (χ4n) is 3.05. The molecule has 2 heterocycles. The Labute approximate surface area is 165 Å². The first kappa shape index (κ1) is 20.8. The molecule has 2 aromatic rings. The normalized spacial score (nSPS) is 15.4. The van der Waals surface area contributed by atoms with Crippen molar-refractivity contribution in [3.8, 4) is 0 Å². The lowest BCUT2D eigenvalue weighted by atomic mass is 10.1. The van der Waals surface area contributed by atoms with Crippen LogP contribution < -0.4 is 10.7 Å². The van der Waals surface area contributed by atoms with Crippen molar-refractivity contribution in [2.75, 3.05) is 13.1 Å². The Balaban J connectivity index is 1.65. The van der Waals surface area contributed by atoms with Crippen LogP contribution in [0, 0.1) is 11.6 Å². The molecule has 1 aromatic heterocycles. The zero-order chi connectivity index (χ0) is 21.3. The van der Waals surface area contributed by atoms with E-state index in [0.29, 0.717) is 25.9 Å². The van der Waals surface area contributed by atoms with Crippen molar-refractivity contribution < 1.29 is 27.5 Å². The van der Waals surface area contributed by atoms with Crippen LogP contribution in [-0.2, 0) is 4.74 Å². The Morgan fingerprint density at radius 3 is 2.38 bits per heavy atom. The van der Waals surface area contributed by atoms with Crippen LogP contribution in [0.25, 0.3) is 11.0 Å². The van der Waals surface area contributed by atoms with Gasteiger partial charge in [-0.1, -0.05) is 0 Å². The number of nitrogens with one attached hydrogen (secondary N) is 1. The molecule has 156 valence electrons. The summed E-state index contributed by atoms with van der Waals surface area (Å²) in [6.45, 7) is 6.18. The van der Waals surface area contributed by atoms with Gasteiger partial charge < -0.3 is 19.4 Å². The first-order chi connectivity index (χ1) is 13.5. The number of piperidine rings is 1. The summed E-state index contributed by atoms with van der Waals surface area (Å²) in [5.74, 6) is -3.26. The molecule has 29 heavy (non-hydrogen) atoms. The molecule has 1 N–H and O–H groups in total. The van der Waals surface area contributed by atoms with E-state index in [-0.39, 0.29) is 22.8 Å². The quantitative estimate of drug-likeness (QED) is 0.824. The molecule has 0 bridgehead atoms. The average Bonchev–Trinajstić information content (AvgIpc) is 2.62. The molecule has 0 atom stereocenters. The number of likely N-dealkylation sites (tertiary alicyclic amines) is 1. The van der Waals surface area contributed by atoms with Gasteiger partial charge in [-0.3, -0.25) is 9.59 Å². The van der Waals surface area contributed by atoms with Crippen LogP contribution in [0.15, 0.2) is 27.4 Å². The van der Waals surface area contributed by atoms with Gasteiger partial charge in [-0.2, -0.15) is 0 Å². The molecule has 0 unspecified atom stereocenters. The van der Waals surface area contributed by atoms with Crippen LogP contribution in [0.3, 0.4) is 0 Å². The third-order valence-corrected chi connectivity index (χ3v) is 4.48. The number of carbonyl (C=O) groups excluding carboxylic acids is 2. The SMILES string of the molecule is CC(C)(C)OC(=O)N1CCC(NC(=O)c2cc(=O)c3cc(F)c(F)cc3o2)CC1. The molecule has 3 rings (SSSR count). The Hall–Kier alpha value is -2.97. The predicted octanol–water partition coefficient (Wildman–Crippen LogP) is 3.20. The topological polar surface area (TPSA) is 88.9 Å². The van der Waals surface area contributed by atoms with Crippen molar-refractivity contribution >= 4 is 23.0 Å². The first-order valence-corrected chi connectivity index (χ1v) is 9.25. The highest BCUT2D eigenvalue weighted by atomic mass is 19.2. The van der Waals surface area contributed by atoms with Gasteiger partial charge in [-0.05, 0) is 39.7 Å². The van der Waals surface area contributed by atoms with Gasteiger partial charge in [-0.15, -0.1) is 0 Å². The second-order valence-corrected chi connectivity index (χ2v) is 7.95. The highest BCUT2D eigenvalue weighted by Crippen LogP contribution is 2.18. The van der Waals surface area contributed by atoms with Gasteiger partial charge >= 0.3 is 6.09 Å². The number of amides is 2. The number of halogens is 2. The minimum absolute atomic E-state index is 0.147. The van der Waals surface area contributed by atoms with E-state index in [1.807, 2.05) is 0 Å². The lowest BCUT2D eigenvalue weighted by Crippen LogP contribution is -2.47. The molecular formula is C20H22F2N2O5. The summed E-state index contributed by atoms with van der Waals surface area (Å²) in [7, 11) is 0. The minimum Gasteiger partial charge on any atom is -0.451 e. The van der Waals surface area contributed by atoms with E-state index in [0.717, 1.165) is 18.2 Å². The molecule has 7 nitrogen and oxygen atoms in total. The fraction of sp³-hybridized carbons (Fsp3) is 0.450. The number of hydrogen-bond acceptors (Lipinski definition) is 5. The molecule has 0 saturated carbocycles. The van der Waals surface area contributed by atoms with Gasteiger partial charge in [0.05, 0.1) is 5.39 Å². The number of fused-ring (bicyclic) bond motifs is 1. The van der Waals surface area contributed by atoms with Crippen molar-refractivity contribution in [1.82, 2.24) is 10.2 Å². The number of carbonyl (C=O) groups is 2. The van der Waals surface area contributed by atoms with Crippen molar-refractivity contribution in [3.63, 3.8) is 0 Å². The van der Waals surface area contributed by atoms with Gasteiger partial charge in [-0.25, -0.2) is 13.6 Å². The molecule has 9 heteroatoms. The molecule has 1 aliphatic heterocycles. The van der Waals surface area contributed by atoms with E-state index < -0.39 is 34.7 Å². The number of hydrogen-bond donors (Lipinski definition) is 1. The Kier molecular flexibility index (Phi) is 5.59. The van der Waals surface area contributed by atoms with Crippen molar-refractivity contribution in [2.24, 2.45) is 0 Å². The summed E-state index contributed by atoms with van der Waals surface area (Å²) in [6, 6.07) is 2.20. The largest absolute Gasteiger partial charge is 0.451 e. The van der Waals surface area contributed by atoms with Crippen LogP contribution in [-0.4, -0.2) is 41.6 Å². The summed E-state index contributed by atoms with van der Waals surface area (Å²) >= 11 is 0. The maximum atomic E-state index is 13.4. The highest BCUT2D eigenvalue weighted by molar-refractivity contribution is 5.93. The smallest absolute Gasteiger partial charge is 0.410 e. The molecule has 1 aromatic carbocycles. The Bertz CT molecular complexity index is 1000. The fourth-order valence-corrected chi connectivity index (χ4v) is 3.05. The number of ether oxygens (including phenoxy) is 1. The minimum atomic E-state index is -1.17. The molecule has 1 saturated heterocycles. The maximum Gasteiger partial charge on any atom is 0.410 e. The average molecular weight is 408 g/mol. The second kappa shape index (κ2) is 7.81. The third-order valence-electron chi connectivity index (χ3n) is 4.48. The van der Waals surface area contributed by atoms with Gasteiger partial charge in [0.25, 0.3) is 5.91 Å². The van der Waals surface area contributed by atoms with Crippen LogP contribution in [0.2, 0.25) is 0 Å². The van der Waals surface area contributed by atoms with Crippen LogP contribution in [0.5, 0.6) is 0 Å². The van der Waals surface area contributed by atoms with E-state index in [1.54, 1.807) is 25.7 Å². The van der Waals surface area contributed by atoms with E-state index in [4.69, 9.17) is 9.15 Å². The highest BCUT2D eigenvalue weighted by Gasteiger charge is 2.28. The molecule has 0 radical (unpaired) electrons. The van der Waals surface area contributed by atoms with E-state index in [1.165, 1.54) is 0 Å². The predicted molar refractivity (Wildman–Crippen MR) is 101 cm³/mol. The summed E-state index contributed by atoms with van der Waals surface area (Å²) in [4.78, 5) is 38.2. The molecular weight excluding hydrogens is 386 g/mol. The van der Waals surface area contributed by atoms with Crippen LogP contribution >= 0.6 is 0 Å². The van der Waals surface area contributed by atoms with E-state index in [2.05, 4.69) is 5.32 Å². The molecule has 0 spiro atoms. The summed E-state index contributed by atoms with van der Waals surface area (Å²) in [5.41, 5.74) is -1.44. The molecule has 2 amide bonds. The molecule has 1 aliphatic rings. The van der Waals surface area contributed by atoms with Crippen molar-refractivity contribution in [1.29, 1.82) is 0 Å².